The van der Waals surface area contributed by atoms with Crippen LogP contribution in [0, 0.1) is 18.3 Å². The van der Waals surface area contributed by atoms with Crippen LogP contribution in [0.4, 0.5) is 0 Å². The van der Waals surface area contributed by atoms with Gasteiger partial charge in [-0.05, 0) is 31.0 Å². The lowest BCUT2D eigenvalue weighted by atomic mass is 9.97. The molecule has 20 heavy (non-hydrogen) atoms. The molecule has 0 bridgehead atoms. The van der Waals surface area contributed by atoms with Crippen LogP contribution in [0.25, 0.3) is 0 Å². The van der Waals surface area contributed by atoms with Gasteiger partial charge in [-0.1, -0.05) is 60.2 Å². The fourth-order valence-corrected chi connectivity index (χ4v) is 2.25. The van der Waals surface area contributed by atoms with Crippen LogP contribution >= 0.6 is 0 Å². The van der Waals surface area contributed by atoms with Crippen LogP contribution in [-0.4, -0.2) is 6.54 Å². The third-order valence-electron chi connectivity index (χ3n) is 3.36. The van der Waals surface area contributed by atoms with Crippen molar-refractivity contribution in [3.63, 3.8) is 0 Å². The van der Waals surface area contributed by atoms with E-state index in [1.165, 1.54) is 16.7 Å². The Balaban J connectivity index is 2.16. The normalized spacial score (nSPS) is 11.8. The van der Waals surface area contributed by atoms with Gasteiger partial charge in [0.05, 0.1) is 12.1 Å². The molecule has 2 heteroatoms. The summed E-state index contributed by atoms with van der Waals surface area (Å²) in [4.78, 5) is 0. The molecule has 0 saturated heterocycles. The van der Waals surface area contributed by atoms with Crippen molar-refractivity contribution in [3.8, 4) is 6.07 Å². The van der Waals surface area contributed by atoms with Gasteiger partial charge in [0.2, 0.25) is 0 Å². The molecule has 0 amide bonds. The van der Waals surface area contributed by atoms with E-state index in [4.69, 9.17) is 5.26 Å². The Morgan fingerprint density at radius 1 is 1.00 bits per heavy atom. The van der Waals surface area contributed by atoms with Crippen molar-refractivity contribution < 1.29 is 0 Å². The van der Waals surface area contributed by atoms with E-state index < -0.39 is 0 Å². The third-order valence-corrected chi connectivity index (χ3v) is 3.36. The van der Waals surface area contributed by atoms with Gasteiger partial charge in [0, 0.05) is 6.42 Å². The maximum atomic E-state index is 8.62. The highest BCUT2D eigenvalue weighted by Crippen LogP contribution is 2.22. The highest BCUT2D eigenvalue weighted by molar-refractivity contribution is 5.33. The van der Waals surface area contributed by atoms with Gasteiger partial charge in [0.15, 0.2) is 0 Å². The Morgan fingerprint density at radius 3 is 2.30 bits per heavy atom. The van der Waals surface area contributed by atoms with E-state index in [9.17, 15) is 0 Å². The first-order valence-corrected chi connectivity index (χ1v) is 7.03. The van der Waals surface area contributed by atoms with Crippen molar-refractivity contribution in [1.29, 1.82) is 5.26 Å². The molecule has 1 N–H and O–H groups in total. The minimum Gasteiger partial charge on any atom is -0.306 e. The maximum Gasteiger partial charge on any atom is 0.0622 e. The third kappa shape index (κ3) is 3.94. The van der Waals surface area contributed by atoms with Crippen LogP contribution in [0.3, 0.4) is 0 Å². The van der Waals surface area contributed by atoms with Crippen molar-refractivity contribution in [2.45, 2.75) is 25.8 Å². The lowest BCUT2D eigenvalue weighted by Crippen LogP contribution is -2.23. The first-order valence-electron chi connectivity index (χ1n) is 7.03. The van der Waals surface area contributed by atoms with Gasteiger partial charge in [0.1, 0.15) is 0 Å². The molecule has 0 spiro atoms. The van der Waals surface area contributed by atoms with Crippen molar-refractivity contribution in [1.82, 2.24) is 5.32 Å². The quantitative estimate of drug-likeness (QED) is 0.801. The van der Waals surface area contributed by atoms with Crippen molar-refractivity contribution in [2.24, 2.45) is 0 Å². The summed E-state index contributed by atoms with van der Waals surface area (Å²) in [6.45, 7) is 2.95. The van der Waals surface area contributed by atoms with Gasteiger partial charge in [-0.2, -0.15) is 5.26 Å². The van der Waals surface area contributed by atoms with Gasteiger partial charge >= 0.3 is 0 Å². The van der Waals surface area contributed by atoms with Gasteiger partial charge in [-0.3, -0.25) is 0 Å². The largest absolute Gasteiger partial charge is 0.306 e. The smallest absolute Gasteiger partial charge is 0.0622 e. The van der Waals surface area contributed by atoms with Crippen molar-refractivity contribution in [3.05, 3.63) is 71.3 Å². The SMILES string of the molecule is Cc1ccc(C(NCCCC#N)c2ccccc2)cc1. The molecule has 2 aromatic rings. The molecule has 1 atom stereocenters. The predicted octanol–water partition coefficient (Wildman–Crippen LogP) is 3.98. The average molecular weight is 264 g/mol. The summed E-state index contributed by atoms with van der Waals surface area (Å²) in [5.41, 5.74) is 3.79. The summed E-state index contributed by atoms with van der Waals surface area (Å²) in [7, 11) is 0. The van der Waals surface area contributed by atoms with Gasteiger partial charge in [-0.15, -0.1) is 0 Å². The van der Waals surface area contributed by atoms with Gasteiger partial charge < -0.3 is 5.32 Å². The number of hydrogen-bond donors (Lipinski definition) is 1. The van der Waals surface area contributed by atoms with E-state index in [-0.39, 0.29) is 6.04 Å². The Morgan fingerprint density at radius 2 is 1.65 bits per heavy atom. The van der Waals surface area contributed by atoms with E-state index in [0.717, 1.165) is 13.0 Å². The minimum absolute atomic E-state index is 0.190. The number of nitriles is 1. The number of hydrogen-bond acceptors (Lipinski definition) is 2. The Labute approximate surface area is 121 Å². The monoisotopic (exact) mass is 264 g/mol. The highest BCUT2D eigenvalue weighted by atomic mass is 14.9. The molecule has 2 rings (SSSR count). The summed E-state index contributed by atoms with van der Waals surface area (Å²) in [6.07, 6.45) is 1.48. The second-order valence-corrected chi connectivity index (χ2v) is 4.97. The molecule has 1 unspecified atom stereocenters. The van der Waals surface area contributed by atoms with Gasteiger partial charge in [0.25, 0.3) is 0 Å². The molecule has 0 fully saturated rings. The number of unbranched alkanes of at least 4 members (excludes halogenated alkanes) is 1. The second kappa shape index (κ2) is 7.47. The first-order chi connectivity index (χ1) is 9.81. The topological polar surface area (TPSA) is 35.8 Å². The zero-order valence-electron chi connectivity index (χ0n) is 11.8. The number of aryl methyl sites for hydroxylation is 1. The summed E-state index contributed by atoms with van der Waals surface area (Å²) < 4.78 is 0. The minimum atomic E-state index is 0.190. The summed E-state index contributed by atoms with van der Waals surface area (Å²) in [6, 6.07) is 21.4. The molecule has 2 aromatic carbocycles. The first kappa shape index (κ1) is 14.3. The Kier molecular flexibility index (Phi) is 5.34. The van der Waals surface area contributed by atoms with Crippen LogP contribution in [0.2, 0.25) is 0 Å². The molecule has 0 aliphatic rings. The number of nitrogens with one attached hydrogen (secondary N) is 1. The predicted molar refractivity (Wildman–Crippen MR) is 82.3 cm³/mol. The van der Waals surface area contributed by atoms with Crippen molar-refractivity contribution in [2.75, 3.05) is 6.54 Å². The van der Waals surface area contributed by atoms with Crippen molar-refractivity contribution >= 4 is 0 Å². The molecule has 0 heterocycles. The molecule has 0 aliphatic carbocycles. The summed E-state index contributed by atoms with van der Waals surface area (Å²) in [5.74, 6) is 0. The highest BCUT2D eigenvalue weighted by Gasteiger charge is 2.12. The average Bonchev–Trinajstić information content (AvgIpc) is 2.50. The maximum absolute atomic E-state index is 8.62. The molecular formula is C18H20N2. The van der Waals surface area contributed by atoms with Crippen LogP contribution in [-0.2, 0) is 0 Å². The van der Waals surface area contributed by atoms with Crippen LogP contribution in [0.5, 0.6) is 0 Å². The lowest BCUT2D eigenvalue weighted by Gasteiger charge is -2.20. The van der Waals surface area contributed by atoms with Gasteiger partial charge in [-0.25, -0.2) is 0 Å². The second-order valence-electron chi connectivity index (χ2n) is 4.97. The number of nitrogens with zero attached hydrogens (tertiary/aromatic N) is 1. The number of benzene rings is 2. The van der Waals surface area contributed by atoms with E-state index in [1.807, 2.05) is 6.07 Å². The Bertz CT molecular complexity index is 552. The zero-order valence-corrected chi connectivity index (χ0v) is 11.8. The molecule has 0 aromatic heterocycles. The van der Waals surface area contributed by atoms with E-state index in [0.29, 0.717) is 6.42 Å². The van der Waals surface area contributed by atoms with Crippen LogP contribution < -0.4 is 5.32 Å². The van der Waals surface area contributed by atoms with E-state index in [2.05, 4.69) is 66.8 Å². The summed E-state index contributed by atoms with van der Waals surface area (Å²) >= 11 is 0. The standard InChI is InChI=1S/C18H20N2/c1-15-9-11-17(12-10-15)18(20-14-6-5-13-19)16-7-3-2-4-8-16/h2-4,7-12,18,20H,5-6,14H2,1H3. The number of rotatable bonds is 6. The fraction of sp³-hybridized carbons (Fsp3) is 0.278. The van der Waals surface area contributed by atoms with Crippen LogP contribution in [0.1, 0.15) is 35.6 Å². The molecular weight excluding hydrogens is 244 g/mol. The molecule has 0 aliphatic heterocycles. The lowest BCUT2D eigenvalue weighted by molar-refractivity contribution is 0.588. The van der Waals surface area contributed by atoms with E-state index in [1.54, 1.807) is 0 Å². The molecule has 0 radical (unpaired) electrons. The zero-order chi connectivity index (χ0) is 14.2. The molecule has 2 nitrogen and oxygen atoms in total. The fourth-order valence-electron chi connectivity index (χ4n) is 2.25. The molecule has 0 saturated carbocycles. The summed E-state index contributed by atoms with van der Waals surface area (Å²) in [5, 5.41) is 12.2. The van der Waals surface area contributed by atoms with Crippen LogP contribution in [0.15, 0.2) is 54.6 Å². The Hall–Kier alpha value is -2.11. The van der Waals surface area contributed by atoms with E-state index >= 15 is 0 Å². The molecule has 102 valence electrons.